The zero-order valence-corrected chi connectivity index (χ0v) is 10.8. The topological polar surface area (TPSA) is 94.0 Å². The Bertz CT molecular complexity index is 443. The molecule has 100 valence electrons. The van der Waals surface area contributed by atoms with Crippen LogP contribution in [0.4, 0.5) is 0 Å². The summed E-state index contributed by atoms with van der Waals surface area (Å²) >= 11 is 0. The third-order valence-corrected chi connectivity index (χ3v) is 4.08. The van der Waals surface area contributed by atoms with Crippen LogP contribution >= 0.6 is 0 Å². The van der Waals surface area contributed by atoms with Gasteiger partial charge in [0.1, 0.15) is 5.69 Å². The average Bonchev–Trinajstić information content (AvgIpc) is 2.76. The molecule has 0 aliphatic heterocycles. The zero-order valence-electron chi connectivity index (χ0n) is 10.8. The van der Waals surface area contributed by atoms with Crippen LogP contribution in [0.1, 0.15) is 55.3 Å². The van der Waals surface area contributed by atoms with Crippen molar-refractivity contribution in [2.45, 2.75) is 45.7 Å². The molecule has 0 bridgehead atoms. The maximum Gasteiger partial charge on any atom is 0.356 e. The predicted molar refractivity (Wildman–Crippen MR) is 66.1 cm³/mol. The predicted octanol–water partition coefficient (Wildman–Crippen LogP) is 1.43. The van der Waals surface area contributed by atoms with Crippen LogP contribution in [-0.4, -0.2) is 26.1 Å². The summed E-state index contributed by atoms with van der Waals surface area (Å²) in [7, 11) is 0. The largest absolute Gasteiger partial charge is 0.476 e. The zero-order chi connectivity index (χ0) is 13.3. The minimum atomic E-state index is -0.994. The first-order valence-corrected chi connectivity index (χ1v) is 6.42. The molecule has 0 radical (unpaired) electrons. The van der Waals surface area contributed by atoms with Gasteiger partial charge in [-0.1, -0.05) is 19.1 Å². The summed E-state index contributed by atoms with van der Waals surface area (Å²) in [6, 6.07) is 0.134. The van der Waals surface area contributed by atoms with Crippen molar-refractivity contribution in [3.05, 3.63) is 11.4 Å². The van der Waals surface area contributed by atoms with Crippen LogP contribution in [0.2, 0.25) is 0 Å². The van der Waals surface area contributed by atoms with Crippen molar-refractivity contribution >= 4 is 5.97 Å². The van der Waals surface area contributed by atoms with E-state index in [0.29, 0.717) is 17.5 Å². The van der Waals surface area contributed by atoms with E-state index in [9.17, 15) is 9.90 Å². The molecule has 6 heteroatoms. The maximum atomic E-state index is 11.3. The molecular weight excluding hydrogens is 232 g/mol. The quantitative estimate of drug-likeness (QED) is 0.848. The number of aromatic carboxylic acids is 1. The van der Waals surface area contributed by atoms with Crippen LogP contribution in [0, 0.1) is 11.8 Å². The van der Waals surface area contributed by atoms with Crippen molar-refractivity contribution in [3.8, 4) is 0 Å². The van der Waals surface area contributed by atoms with Crippen LogP contribution < -0.4 is 5.73 Å². The van der Waals surface area contributed by atoms with Gasteiger partial charge in [-0.05, 0) is 31.1 Å². The molecule has 0 spiro atoms. The van der Waals surface area contributed by atoms with Gasteiger partial charge < -0.3 is 10.8 Å². The highest BCUT2D eigenvalue weighted by Gasteiger charge is 2.30. The number of carboxylic acid groups (broad SMARTS) is 1. The molecule has 18 heavy (non-hydrogen) atoms. The Labute approximate surface area is 106 Å². The molecular formula is C12H20N4O2. The fourth-order valence-corrected chi connectivity index (χ4v) is 2.68. The van der Waals surface area contributed by atoms with Crippen LogP contribution in [0.25, 0.3) is 0 Å². The molecule has 1 heterocycles. The summed E-state index contributed by atoms with van der Waals surface area (Å²) in [4.78, 5) is 11.3. The van der Waals surface area contributed by atoms with E-state index in [-0.39, 0.29) is 18.3 Å². The molecule has 3 unspecified atom stereocenters. The van der Waals surface area contributed by atoms with E-state index in [0.717, 1.165) is 19.3 Å². The molecule has 3 N–H and O–H groups in total. The van der Waals surface area contributed by atoms with Crippen LogP contribution in [0.5, 0.6) is 0 Å². The lowest BCUT2D eigenvalue weighted by Gasteiger charge is -2.32. The number of nitrogens with two attached hydrogens (primary N) is 1. The lowest BCUT2D eigenvalue weighted by Crippen LogP contribution is -2.26. The number of carboxylic acids is 1. The van der Waals surface area contributed by atoms with E-state index in [1.54, 1.807) is 4.68 Å². The van der Waals surface area contributed by atoms with Crippen molar-refractivity contribution in [2.75, 3.05) is 0 Å². The van der Waals surface area contributed by atoms with Gasteiger partial charge in [-0.3, -0.25) is 0 Å². The Balaban J connectivity index is 2.28. The van der Waals surface area contributed by atoms with Gasteiger partial charge in [0.05, 0.1) is 6.04 Å². The van der Waals surface area contributed by atoms with Gasteiger partial charge in [0.15, 0.2) is 5.69 Å². The number of carbonyl (C=O) groups is 1. The second-order valence-electron chi connectivity index (χ2n) is 5.26. The van der Waals surface area contributed by atoms with Crippen molar-refractivity contribution in [1.82, 2.24) is 15.0 Å². The van der Waals surface area contributed by atoms with Crippen molar-refractivity contribution in [3.63, 3.8) is 0 Å². The van der Waals surface area contributed by atoms with E-state index in [1.165, 1.54) is 0 Å². The molecule has 2 rings (SSSR count). The fraction of sp³-hybridized carbons (Fsp3) is 0.750. The average molecular weight is 252 g/mol. The summed E-state index contributed by atoms with van der Waals surface area (Å²) in [6.45, 7) is 4.56. The van der Waals surface area contributed by atoms with E-state index in [4.69, 9.17) is 5.73 Å². The number of hydrogen-bond acceptors (Lipinski definition) is 4. The van der Waals surface area contributed by atoms with E-state index < -0.39 is 5.97 Å². The Hall–Kier alpha value is -1.43. The molecule has 0 saturated heterocycles. The molecule has 1 aromatic rings. The van der Waals surface area contributed by atoms with E-state index in [2.05, 4.69) is 24.2 Å². The van der Waals surface area contributed by atoms with E-state index >= 15 is 0 Å². The summed E-state index contributed by atoms with van der Waals surface area (Å²) in [5.41, 5.74) is 6.03. The van der Waals surface area contributed by atoms with Gasteiger partial charge in [0.25, 0.3) is 0 Å². The van der Waals surface area contributed by atoms with Gasteiger partial charge >= 0.3 is 5.97 Å². The second-order valence-corrected chi connectivity index (χ2v) is 5.26. The van der Waals surface area contributed by atoms with Crippen molar-refractivity contribution in [2.24, 2.45) is 17.6 Å². The number of rotatable bonds is 3. The molecule has 1 aliphatic carbocycles. The first-order chi connectivity index (χ1) is 8.54. The van der Waals surface area contributed by atoms with Gasteiger partial charge in [-0.2, -0.15) is 0 Å². The molecule has 0 amide bonds. The monoisotopic (exact) mass is 252 g/mol. The van der Waals surface area contributed by atoms with Gasteiger partial charge in [0, 0.05) is 6.54 Å². The summed E-state index contributed by atoms with van der Waals surface area (Å²) in [5, 5.41) is 17.1. The standard InChI is InChI=1S/C12H20N4O2/c1-7-3-4-9(5-8(7)2)16-11(12(17)18)10(6-13)14-15-16/h7-9H,3-6,13H2,1-2H3,(H,17,18). The van der Waals surface area contributed by atoms with Gasteiger partial charge in [-0.25, -0.2) is 9.48 Å². The minimum absolute atomic E-state index is 0.111. The van der Waals surface area contributed by atoms with Crippen LogP contribution in [0.3, 0.4) is 0 Å². The molecule has 1 aliphatic rings. The second kappa shape index (κ2) is 5.06. The minimum Gasteiger partial charge on any atom is -0.476 e. The molecule has 0 aromatic carbocycles. The highest BCUT2D eigenvalue weighted by atomic mass is 16.4. The van der Waals surface area contributed by atoms with E-state index in [1.807, 2.05) is 0 Å². The Morgan fingerprint density at radius 2 is 2.17 bits per heavy atom. The number of hydrogen-bond donors (Lipinski definition) is 2. The third-order valence-electron chi connectivity index (χ3n) is 4.08. The first-order valence-electron chi connectivity index (χ1n) is 6.42. The first kappa shape index (κ1) is 13.0. The summed E-state index contributed by atoms with van der Waals surface area (Å²) in [5.74, 6) is 0.273. The molecule has 1 aromatic heterocycles. The maximum absolute atomic E-state index is 11.3. The van der Waals surface area contributed by atoms with Crippen molar-refractivity contribution in [1.29, 1.82) is 0 Å². The summed E-state index contributed by atoms with van der Waals surface area (Å²) < 4.78 is 1.56. The molecule has 3 atom stereocenters. The highest BCUT2D eigenvalue weighted by molar-refractivity contribution is 5.86. The lowest BCUT2D eigenvalue weighted by molar-refractivity contribution is 0.0672. The smallest absolute Gasteiger partial charge is 0.356 e. The number of nitrogens with zero attached hydrogens (tertiary/aromatic N) is 3. The highest BCUT2D eigenvalue weighted by Crippen LogP contribution is 2.36. The normalized spacial score (nSPS) is 28.3. The van der Waals surface area contributed by atoms with Gasteiger partial charge in [0.2, 0.25) is 0 Å². The van der Waals surface area contributed by atoms with Crippen molar-refractivity contribution < 1.29 is 9.90 Å². The lowest BCUT2D eigenvalue weighted by atomic mass is 9.79. The summed E-state index contributed by atoms with van der Waals surface area (Å²) in [6.07, 6.45) is 3.01. The molecule has 1 saturated carbocycles. The Morgan fingerprint density at radius 3 is 2.72 bits per heavy atom. The van der Waals surface area contributed by atoms with Crippen LogP contribution in [-0.2, 0) is 6.54 Å². The SMILES string of the molecule is CC1CCC(n2nnc(CN)c2C(=O)O)CC1C. The van der Waals surface area contributed by atoms with Crippen LogP contribution in [0.15, 0.2) is 0 Å². The van der Waals surface area contributed by atoms with Gasteiger partial charge in [-0.15, -0.1) is 5.10 Å². The molecule has 1 fully saturated rings. The Kier molecular flexibility index (Phi) is 3.65. The third kappa shape index (κ3) is 2.25. The fourth-order valence-electron chi connectivity index (χ4n) is 2.68. The Morgan fingerprint density at radius 1 is 1.44 bits per heavy atom. The molecule has 6 nitrogen and oxygen atoms in total. The number of aromatic nitrogens is 3.